The fourth-order valence-corrected chi connectivity index (χ4v) is 3.52. The fraction of sp³-hybridized carbons (Fsp3) is 0.714. The topological polar surface area (TPSA) is 18.5 Å². The first-order valence-corrected chi connectivity index (χ1v) is 10.1. The molecule has 24 heavy (non-hydrogen) atoms. The standard InChI is InChI=1S/C21H37N3/c1-3-5-9-15-24(16-10-6-4-2)21-12-8-7-11-20(21)19-23-17-13-22-14-18-23/h7-8,11-12,22H,3-6,9-10,13-19H2,1-2H3. The SMILES string of the molecule is CCCCCN(CCCCC)c1ccccc1CN1CCNCC1. The van der Waals surface area contributed by atoms with Crippen molar-refractivity contribution in [3.63, 3.8) is 0 Å². The van der Waals surface area contributed by atoms with Gasteiger partial charge in [0.2, 0.25) is 0 Å². The Kier molecular flexibility index (Phi) is 9.22. The molecule has 1 aromatic carbocycles. The molecule has 136 valence electrons. The van der Waals surface area contributed by atoms with Gasteiger partial charge in [-0.15, -0.1) is 0 Å². The molecule has 1 N–H and O–H groups in total. The zero-order valence-electron chi connectivity index (χ0n) is 15.9. The van der Waals surface area contributed by atoms with Crippen molar-refractivity contribution in [3.8, 4) is 0 Å². The Morgan fingerprint density at radius 3 is 2.17 bits per heavy atom. The fourth-order valence-electron chi connectivity index (χ4n) is 3.52. The molecule has 3 nitrogen and oxygen atoms in total. The van der Waals surface area contributed by atoms with Gasteiger partial charge in [0.25, 0.3) is 0 Å². The van der Waals surface area contributed by atoms with Crippen LogP contribution in [0.5, 0.6) is 0 Å². The lowest BCUT2D eigenvalue weighted by atomic mass is 10.1. The van der Waals surface area contributed by atoms with E-state index in [0.717, 1.165) is 19.6 Å². The van der Waals surface area contributed by atoms with Gasteiger partial charge in [-0.3, -0.25) is 4.90 Å². The summed E-state index contributed by atoms with van der Waals surface area (Å²) in [5.41, 5.74) is 2.98. The highest BCUT2D eigenvalue weighted by Crippen LogP contribution is 2.23. The molecule has 1 saturated heterocycles. The first-order chi connectivity index (χ1) is 11.8. The zero-order valence-corrected chi connectivity index (χ0v) is 15.9. The molecular weight excluding hydrogens is 294 g/mol. The Labute approximate surface area is 149 Å². The number of nitrogens with one attached hydrogen (secondary N) is 1. The van der Waals surface area contributed by atoms with Crippen LogP contribution in [0.3, 0.4) is 0 Å². The number of unbranched alkanes of at least 4 members (excludes halogenated alkanes) is 4. The molecule has 1 aromatic rings. The van der Waals surface area contributed by atoms with Gasteiger partial charge in [0, 0.05) is 51.5 Å². The lowest BCUT2D eigenvalue weighted by molar-refractivity contribution is 0.233. The molecule has 1 aliphatic heterocycles. The predicted octanol–water partition coefficient (Wildman–Crippen LogP) is 4.28. The molecule has 1 aliphatic rings. The van der Waals surface area contributed by atoms with Gasteiger partial charge in [0.15, 0.2) is 0 Å². The van der Waals surface area contributed by atoms with E-state index >= 15 is 0 Å². The van der Waals surface area contributed by atoms with Crippen molar-refractivity contribution < 1.29 is 0 Å². The number of nitrogens with zero attached hydrogens (tertiary/aromatic N) is 2. The van der Waals surface area contributed by atoms with Crippen LogP contribution in [0.25, 0.3) is 0 Å². The Bertz CT molecular complexity index is 430. The van der Waals surface area contributed by atoms with Crippen molar-refractivity contribution >= 4 is 5.69 Å². The lowest BCUT2D eigenvalue weighted by Crippen LogP contribution is -2.43. The molecule has 0 aromatic heterocycles. The Morgan fingerprint density at radius 2 is 1.54 bits per heavy atom. The second kappa shape index (κ2) is 11.5. The van der Waals surface area contributed by atoms with Crippen LogP contribution < -0.4 is 10.2 Å². The van der Waals surface area contributed by atoms with Gasteiger partial charge >= 0.3 is 0 Å². The molecule has 1 heterocycles. The predicted molar refractivity (Wildman–Crippen MR) is 106 cm³/mol. The summed E-state index contributed by atoms with van der Waals surface area (Å²) in [6.45, 7) is 12.7. The van der Waals surface area contributed by atoms with Crippen molar-refractivity contribution in [1.82, 2.24) is 10.2 Å². The van der Waals surface area contributed by atoms with Gasteiger partial charge in [-0.25, -0.2) is 0 Å². The van der Waals surface area contributed by atoms with E-state index in [2.05, 4.69) is 53.2 Å². The van der Waals surface area contributed by atoms with Crippen molar-refractivity contribution in [3.05, 3.63) is 29.8 Å². The molecule has 0 spiro atoms. The van der Waals surface area contributed by atoms with E-state index < -0.39 is 0 Å². The highest BCUT2D eigenvalue weighted by atomic mass is 15.2. The second-order valence-corrected chi connectivity index (χ2v) is 7.06. The number of piperazine rings is 1. The minimum absolute atomic E-state index is 1.09. The Balaban J connectivity index is 2.04. The van der Waals surface area contributed by atoms with Crippen molar-refractivity contribution in [2.45, 2.75) is 58.9 Å². The Morgan fingerprint density at radius 1 is 0.917 bits per heavy atom. The summed E-state index contributed by atoms with van der Waals surface area (Å²) in [6.07, 6.45) is 7.89. The zero-order chi connectivity index (χ0) is 17.0. The van der Waals surface area contributed by atoms with Crippen LogP contribution in [0.4, 0.5) is 5.69 Å². The first kappa shape index (κ1) is 19.3. The van der Waals surface area contributed by atoms with Crippen LogP contribution in [-0.4, -0.2) is 44.2 Å². The van der Waals surface area contributed by atoms with Crippen LogP contribution in [0.15, 0.2) is 24.3 Å². The minimum Gasteiger partial charge on any atom is -0.371 e. The maximum absolute atomic E-state index is 3.45. The number of anilines is 1. The van der Waals surface area contributed by atoms with Crippen molar-refractivity contribution in [1.29, 1.82) is 0 Å². The van der Waals surface area contributed by atoms with E-state index in [1.807, 2.05) is 0 Å². The van der Waals surface area contributed by atoms with Crippen molar-refractivity contribution in [2.75, 3.05) is 44.2 Å². The quantitative estimate of drug-likeness (QED) is 0.611. The molecular formula is C21H37N3. The van der Waals surface area contributed by atoms with Gasteiger partial charge in [-0.2, -0.15) is 0 Å². The lowest BCUT2D eigenvalue weighted by Gasteiger charge is -2.31. The second-order valence-electron chi connectivity index (χ2n) is 7.06. The molecule has 0 unspecified atom stereocenters. The van der Waals surface area contributed by atoms with E-state index in [9.17, 15) is 0 Å². The number of para-hydroxylation sites is 1. The molecule has 0 aliphatic carbocycles. The summed E-state index contributed by atoms with van der Waals surface area (Å²) >= 11 is 0. The molecule has 0 amide bonds. The third-order valence-electron chi connectivity index (χ3n) is 5.00. The minimum atomic E-state index is 1.09. The van der Waals surface area contributed by atoms with E-state index in [-0.39, 0.29) is 0 Å². The van der Waals surface area contributed by atoms with E-state index in [0.29, 0.717) is 0 Å². The summed E-state index contributed by atoms with van der Waals surface area (Å²) < 4.78 is 0. The molecule has 3 heteroatoms. The molecule has 0 bridgehead atoms. The number of hydrogen-bond acceptors (Lipinski definition) is 3. The van der Waals surface area contributed by atoms with Crippen LogP contribution in [0, 0.1) is 0 Å². The number of rotatable bonds is 11. The van der Waals surface area contributed by atoms with Gasteiger partial charge in [-0.05, 0) is 24.5 Å². The highest BCUT2D eigenvalue weighted by Gasteiger charge is 2.15. The summed E-state index contributed by atoms with van der Waals surface area (Å²) in [5.74, 6) is 0. The van der Waals surface area contributed by atoms with Crippen LogP contribution in [-0.2, 0) is 6.54 Å². The monoisotopic (exact) mass is 331 g/mol. The molecule has 0 atom stereocenters. The van der Waals surface area contributed by atoms with Crippen molar-refractivity contribution in [2.24, 2.45) is 0 Å². The molecule has 1 fully saturated rings. The number of hydrogen-bond donors (Lipinski definition) is 1. The molecule has 0 radical (unpaired) electrons. The average Bonchev–Trinajstić information content (AvgIpc) is 2.62. The highest BCUT2D eigenvalue weighted by molar-refractivity contribution is 5.53. The number of benzene rings is 1. The third-order valence-corrected chi connectivity index (χ3v) is 5.00. The summed E-state index contributed by atoms with van der Waals surface area (Å²) in [7, 11) is 0. The van der Waals surface area contributed by atoms with Crippen LogP contribution >= 0.6 is 0 Å². The molecule has 2 rings (SSSR count). The summed E-state index contributed by atoms with van der Waals surface area (Å²) in [5, 5.41) is 3.45. The van der Waals surface area contributed by atoms with Gasteiger partial charge in [0.1, 0.15) is 0 Å². The third kappa shape index (κ3) is 6.45. The maximum Gasteiger partial charge on any atom is 0.0411 e. The Hall–Kier alpha value is -1.06. The van der Waals surface area contributed by atoms with Gasteiger partial charge in [-0.1, -0.05) is 57.7 Å². The van der Waals surface area contributed by atoms with Crippen LogP contribution in [0.2, 0.25) is 0 Å². The van der Waals surface area contributed by atoms with E-state index in [4.69, 9.17) is 0 Å². The van der Waals surface area contributed by atoms with E-state index in [1.54, 1.807) is 0 Å². The van der Waals surface area contributed by atoms with Crippen LogP contribution in [0.1, 0.15) is 57.9 Å². The smallest absolute Gasteiger partial charge is 0.0411 e. The average molecular weight is 332 g/mol. The van der Waals surface area contributed by atoms with Gasteiger partial charge < -0.3 is 10.2 Å². The summed E-state index contributed by atoms with van der Waals surface area (Å²) in [6, 6.07) is 9.10. The normalized spacial score (nSPS) is 15.6. The van der Waals surface area contributed by atoms with Gasteiger partial charge in [0.05, 0.1) is 0 Å². The largest absolute Gasteiger partial charge is 0.371 e. The van der Waals surface area contributed by atoms with E-state index in [1.165, 1.54) is 76.0 Å². The maximum atomic E-state index is 3.45. The summed E-state index contributed by atoms with van der Waals surface area (Å²) in [4.78, 5) is 5.24. The molecule has 0 saturated carbocycles. The first-order valence-electron chi connectivity index (χ1n) is 10.1.